The van der Waals surface area contributed by atoms with Crippen molar-refractivity contribution in [3.8, 4) is 11.5 Å². The minimum atomic E-state index is 0.414. The molecule has 0 amide bonds. The van der Waals surface area contributed by atoms with Crippen LogP contribution in [0.5, 0.6) is 11.5 Å². The van der Waals surface area contributed by atoms with E-state index in [4.69, 9.17) is 14.5 Å². The van der Waals surface area contributed by atoms with E-state index in [1.54, 1.807) is 14.2 Å². The molecule has 1 unspecified atom stereocenters. The summed E-state index contributed by atoms with van der Waals surface area (Å²) in [4.78, 5) is 4.70. The van der Waals surface area contributed by atoms with Gasteiger partial charge in [-0.3, -0.25) is 4.68 Å². The highest BCUT2D eigenvalue weighted by atomic mass is 16.5. The topological polar surface area (TPSA) is 72.7 Å². The number of guanidine groups is 1. The van der Waals surface area contributed by atoms with E-state index < -0.39 is 0 Å². The average Bonchev–Trinajstić information content (AvgIpc) is 3.00. The van der Waals surface area contributed by atoms with Gasteiger partial charge in [-0.1, -0.05) is 6.92 Å². The van der Waals surface area contributed by atoms with Crippen LogP contribution in [0.4, 0.5) is 0 Å². The van der Waals surface area contributed by atoms with Crippen LogP contribution in [-0.4, -0.2) is 43.0 Å². The van der Waals surface area contributed by atoms with Gasteiger partial charge in [-0.25, -0.2) is 4.99 Å². The molecule has 154 valence electrons. The number of aryl methyl sites for hydroxylation is 2. The first-order chi connectivity index (χ1) is 13.5. The number of hydrogen-bond donors (Lipinski definition) is 2. The smallest absolute Gasteiger partial charge is 0.191 e. The van der Waals surface area contributed by atoms with Crippen molar-refractivity contribution >= 4 is 5.96 Å². The molecule has 2 N–H and O–H groups in total. The SMILES string of the molecule is CCNC(=NCc1ccc(OC)cc1OC)NCC(C)Cn1nc(C)cc1C. The third-order valence-corrected chi connectivity index (χ3v) is 4.45. The summed E-state index contributed by atoms with van der Waals surface area (Å²) in [7, 11) is 3.30. The number of ether oxygens (including phenoxy) is 2. The van der Waals surface area contributed by atoms with Crippen molar-refractivity contribution in [3.63, 3.8) is 0 Å². The normalized spacial score (nSPS) is 12.6. The van der Waals surface area contributed by atoms with E-state index in [1.165, 1.54) is 5.69 Å². The van der Waals surface area contributed by atoms with Crippen molar-refractivity contribution in [2.75, 3.05) is 27.3 Å². The average molecular weight is 388 g/mol. The predicted molar refractivity (Wildman–Crippen MR) is 113 cm³/mol. The second-order valence-corrected chi connectivity index (χ2v) is 6.97. The fourth-order valence-corrected chi connectivity index (χ4v) is 2.98. The molecule has 28 heavy (non-hydrogen) atoms. The molecule has 7 heteroatoms. The van der Waals surface area contributed by atoms with Gasteiger partial charge >= 0.3 is 0 Å². The Kier molecular flexibility index (Phi) is 8.17. The number of hydrogen-bond acceptors (Lipinski definition) is 4. The lowest BCUT2D eigenvalue weighted by atomic mass is 10.2. The Morgan fingerprint density at radius 3 is 2.57 bits per heavy atom. The maximum atomic E-state index is 5.46. The minimum Gasteiger partial charge on any atom is -0.497 e. The Bertz CT molecular complexity index is 785. The molecular weight excluding hydrogens is 354 g/mol. The summed E-state index contributed by atoms with van der Waals surface area (Å²) in [5.74, 6) is 2.75. The van der Waals surface area contributed by atoms with Gasteiger partial charge in [0.2, 0.25) is 0 Å². The Hall–Kier alpha value is -2.70. The quantitative estimate of drug-likeness (QED) is 0.511. The summed E-state index contributed by atoms with van der Waals surface area (Å²) >= 11 is 0. The predicted octanol–water partition coefficient (Wildman–Crippen LogP) is 2.91. The van der Waals surface area contributed by atoms with Crippen LogP contribution in [0.15, 0.2) is 29.3 Å². The van der Waals surface area contributed by atoms with E-state index in [9.17, 15) is 0 Å². The molecule has 0 aliphatic carbocycles. The minimum absolute atomic E-state index is 0.414. The van der Waals surface area contributed by atoms with E-state index >= 15 is 0 Å². The first kappa shape index (κ1) is 21.6. The number of aromatic nitrogens is 2. The highest BCUT2D eigenvalue weighted by molar-refractivity contribution is 5.79. The van der Waals surface area contributed by atoms with Gasteiger partial charge in [0.05, 0.1) is 26.5 Å². The molecule has 0 spiro atoms. The molecule has 0 aliphatic rings. The van der Waals surface area contributed by atoms with E-state index in [0.717, 1.165) is 48.4 Å². The standard InChI is InChI=1S/C21H33N5O2/c1-7-22-21(23-12-15(2)14-26-17(4)10-16(3)25-26)24-13-18-8-9-19(27-5)11-20(18)28-6/h8-11,15H,7,12-14H2,1-6H3,(H2,22,23,24). The summed E-state index contributed by atoms with van der Waals surface area (Å²) in [6.07, 6.45) is 0. The lowest BCUT2D eigenvalue weighted by Crippen LogP contribution is -2.40. The van der Waals surface area contributed by atoms with Crippen LogP contribution in [0, 0.1) is 19.8 Å². The lowest BCUT2D eigenvalue weighted by Gasteiger charge is -2.17. The van der Waals surface area contributed by atoms with E-state index in [-0.39, 0.29) is 0 Å². The number of rotatable bonds is 9. The molecule has 0 bridgehead atoms. The molecule has 1 heterocycles. The van der Waals surface area contributed by atoms with Crippen LogP contribution in [0.3, 0.4) is 0 Å². The van der Waals surface area contributed by atoms with Gasteiger partial charge in [-0.2, -0.15) is 5.10 Å². The summed E-state index contributed by atoms with van der Waals surface area (Å²) in [5.41, 5.74) is 3.26. The van der Waals surface area contributed by atoms with Crippen molar-refractivity contribution in [1.82, 2.24) is 20.4 Å². The van der Waals surface area contributed by atoms with E-state index in [2.05, 4.69) is 47.3 Å². The van der Waals surface area contributed by atoms with E-state index in [1.807, 2.05) is 25.1 Å². The Morgan fingerprint density at radius 2 is 1.96 bits per heavy atom. The number of methoxy groups -OCH3 is 2. The van der Waals surface area contributed by atoms with Gasteiger partial charge in [-0.05, 0) is 44.9 Å². The molecule has 2 rings (SSSR count). The zero-order chi connectivity index (χ0) is 20.5. The molecular formula is C21H33N5O2. The van der Waals surface area contributed by atoms with Gasteiger partial charge in [0.25, 0.3) is 0 Å². The molecule has 1 aromatic heterocycles. The van der Waals surface area contributed by atoms with Crippen LogP contribution in [0.1, 0.15) is 30.8 Å². The van der Waals surface area contributed by atoms with Crippen molar-refractivity contribution in [1.29, 1.82) is 0 Å². The Balaban J connectivity index is 1.97. The summed E-state index contributed by atoms with van der Waals surface area (Å²) in [6, 6.07) is 7.88. The second-order valence-electron chi connectivity index (χ2n) is 6.97. The molecule has 1 atom stereocenters. The number of aliphatic imine (C=N–C) groups is 1. The highest BCUT2D eigenvalue weighted by Crippen LogP contribution is 2.25. The third kappa shape index (κ3) is 6.18. The molecule has 0 aliphatic heterocycles. The third-order valence-electron chi connectivity index (χ3n) is 4.45. The van der Waals surface area contributed by atoms with Crippen molar-refractivity contribution < 1.29 is 9.47 Å². The maximum Gasteiger partial charge on any atom is 0.191 e. The summed E-state index contributed by atoms with van der Waals surface area (Å²) in [6.45, 7) is 11.4. The Morgan fingerprint density at radius 1 is 1.18 bits per heavy atom. The fourth-order valence-electron chi connectivity index (χ4n) is 2.98. The van der Waals surface area contributed by atoms with Gasteiger partial charge in [-0.15, -0.1) is 0 Å². The summed E-state index contributed by atoms with van der Waals surface area (Å²) in [5, 5.41) is 11.3. The molecule has 0 fully saturated rings. The second kappa shape index (κ2) is 10.6. The molecule has 0 saturated carbocycles. The first-order valence-corrected chi connectivity index (χ1v) is 9.71. The van der Waals surface area contributed by atoms with Gasteiger partial charge in [0.15, 0.2) is 5.96 Å². The van der Waals surface area contributed by atoms with Crippen LogP contribution in [0.25, 0.3) is 0 Å². The maximum absolute atomic E-state index is 5.46. The van der Waals surface area contributed by atoms with Crippen LogP contribution >= 0.6 is 0 Å². The monoisotopic (exact) mass is 387 g/mol. The highest BCUT2D eigenvalue weighted by Gasteiger charge is 2.09. The summed E-state index contributed by atoms with van der Waals surface area (Å²) < 4.78 is 12.8. The van der Waals surface area contributed by atoms with Gasteiger partial charge in [0.1, 0.15) is 11.5 Å². The van der Waals surface area contributed by atoms with Gasteiger partial charge in [0, 0.05) is 37.0 Å². The Labute approximate surface area is 168 Å². The van der Waals surface area contributed by atoms with Crippen LogP contribution in [0.2, 0.25) is 0 Å². The molecule has 0 saturated heterocycles. The lowest BCUT2D eigenvalue weighted by molar-refractivity contribution is 0.391. The zero-order valence-electron chi connectivity index (χ0n) is 17.9. The first-order valence-electron chi connectivity index (χ1n) is 9.71. The van der Waals surface area contributed by atoms with Crippen molar-refractivity contribution in [2.24, 2.45) is 10.9 Å². The molecule has 7 nitrogen and oxygen atoms in total. The molecule has 1 aromatic carbocycles. The van der Waals surface area contributed by atoms with Crippen molar-refractivity contribution in [3.05, 3.63) is 41.2 Å². The van der Waals surface area contributed by atoms with Crippen LogP contribution < -0.4 is 20.1 Å². The largest absolute Gasteiger partial charge is 0.497 e. The number of nitrogens with zero attached hydrogens (tertiary/aromatic N) is 3. The van der Waals surface area contributed by atoms with Gasteiger partial charge < -0.3 is 20.1 Å². The van der Waals surface area contributed by atoms with E-state index in [0.29, 0.717) is 12.5 Å². The van der Waals surface area contributed by atoms with Crippen molar-refractivity contribution in [2.45, 2.75) is 40.8 Å². The molecule has 0 radical (unpaired) electrons. The fraction of sp³-hybridized carbons (Fsp3) is 0.524. The number of nitrogens with one attached hydrogen (secondary N) is 2. The van der Waals surface area contributed by atoms with Crippen LogP contribution in [-0.2, 0) is 13.1 Å². The molecule has 2 aromatic rings. The number of benzene rings is 1. The zero-order valence-corrected chi connectivity index (χ0v) is 17.9.